The Morgan fingerprint density at radius 2 is 2.11 bits per heavy atom. The van der Waals surface area contributed by atoms with Crippen LogP contribution in [0.1, 0.15) is 45.4 Å². The predicted octanol–water partition coefficient (Wildman–Crippen LogP) is 1.05. The highest BCUT2D eigenvalue weighted by Gasteiger charge is 2.57. The first kappa shape index (κ1) is 24.2. The molecule has 0 unspecified atom stereocenters. The van der Waals surface area contributed by atoms with Gasteiger partial charge in [0.1, 0.15) is 5.54 Å². The molecule has 9 heteroatoms. The minimum Gasteiger partial charge on any atom is -0.480 e. The van der Waals surface area contributed by atoms with Crippen LogP contribution in [-0.2, 0) is 9.59 Å². The number of aliphatic carboxylic acids is 1. The topological polar surface area (TPSA) is 133 Å². The second-order valence-corrected chi connectivity index (χ2v) is 8.28. The third-order valence-corrected chi connectivity index (χ3v) is 6.44. The van der Waals surface area contributed by atoms with Gasteiger partial charge in [-0.05, 0) is 63.1 Å². The summed E-state index contributed by atoms with van der Waals surface area (Å²) in [6.45, 7) is 2.55. The number of nitrogens with one attached hydrogen (secondary N) is 1. The number of ketones is 1. The molecule has 27 heavy (non-hydrogen) atoms. The lowest BCUT2D eigenvalue weighted by Crippen LogP contribution is -2.57. The second-order valence-electron chi connectivity index (χ2n) is 7.29. The van der Waals surface area contributed by atoms with Crippen LogP contribution in [0.25, 0.3) is 0 Å². The molecule has 0 radical (unpaired) electrons. The van der Waals surface area contributed by atoms with Crippen molar-refractivity contribution in [1.82, 2.24) is 5.32 Å². The monoisotopic (exact) mass is 400 g/mol. The SMILES string of the molecule is CC[C@@]1(CCCB(O)O)CCN[C@]1(C/C=C/C(=O)[C@@H](N)CCSC)C(=O)O. The van der Waals surface area contributed by atoms with E-state index in [1.165, 1.54) is 6.08 Å². The third kappa shape index (κ3) is 6.06. The Morgan fingerprint density at radius 1 is 1.41 bits per heavy atom. The molecule has 7 nitrogen and oxygen atoms in total. The summed E-state index contributed by atoms with van der Waals surface area (Å²) in [5.74, 6) is -0.319. The Kier molecular flexibility index (Phi) is 10.0. The van der Waals surface area contributed by atoms with E-state index in [4.69, 9.17) is 15.8 Å². The Balaban J connectivity index is 2.90. The van der Waals surface area contributed by atoms with Crippen LogP contribution in [0.15, 0.2) is 12.2 Å². The van der Waals surface area contributed by atoms with Gasteiger partial charge in [-0.3, -0.25) is 9.59 Å². The van der Waals surface area contributed by atoms with Gasteiger partial charge in [0, 0.05) is 5.41 Å². The summed E-state index contributed by atoms with van der Waals surface area (Å²) in [7, 11) is -1.38. The van der Waals surface area contributed by atoms with Crippen LogP contribution in [0, 0.1) is 5.41 Å². The number of carbonyl (C=O) groups excluding carboxylic acids is 1. The molecule has 6 N–H and O–H groups in total. The normalized spacial score (nSPS) is 26.4. The van der Waals surface area contributed by atoms with Gasteiger partial charge in [-0.15, -0.1) is 0 Å². The van der Waals surface area contributed by atoms with Crippen LogP contribution in [-0.4, -0.2) is 64.2 Å². The van der Waals surface area contributed by atoms with E-state index in [1.54, 1.807) is 17.8 Å². The molecule has 0 bridgehead atoms. The Hall–Kier alpha value is -0.865. The molecule has 0 aromatic carbocycles. The zero-order valence-corrected chi connectivity index (χ0v) is 17.1. The minimum absolute atomic E-state index is 0.187. The van der Waals surface area contributed by atoms with E-state index in [-0.39, 0.29) is 18.5 Å². The molecule has 0 aliphatic carbocycles. The molecule has 1 fully saturated rings. The third-order valence-electron chi connectivity index (χ3n) is 5.80. The number of hydrogen-bond acceptors (Lipinski definition) is 7. The predicted molar refractivity (Wildman–Crippen MR) is 110 cm³/mol. The van der Waals surface area contributed by atoms with E-state index in [0.717, 1.165) is 5.75 Å². The fourth-order valence-electron chi connectivity index (χ4n) is 4.07. The summed E-state index contributed by atoms with van der Waals surface area (Å²) < 4.78 is 0. The van der Waals surface area contributed by atoms with Crippen molar-refractivity contribution >= 4 is 30.6 Å². The van der Waals surface area contributed by atoms with Gasteiger partial charge in [0.2, 0.25) is 0 Å². The van der Waals surface area contributed by atoms with Crippen LogP contribution in [0.4, 0.5) is 0 Å². The summed E-state index contributed by atoms with van der Waals surface area (Å²) in [6.07, 6.45) is 8.46. The smallest absolute Gasteiger partial charge is 0.451 e. The van der Waals surface area contributed by atoms with Crippen LogP contribution >= 0.6 is 11.8 Å². The summed E-state index contributed by atoms with van der Waals surface area (Å²) in [5, 5.41) is 31.4. The number of carbonyl (C=O) groups is 2. The van der Waals surface area contributed by atoms with E-state index in [0.29, 0.717) is 38.6 Å². The van der Waals surface area contributed by atoms with Gasteiger partial charge in [-0.1, -0.05) is 19.4 Å². The molecular formula is C18H33BN2O5S. The number of carboxylic acids is 1. The van der Waals surface area contributed by atoms with Crippen molar-refractivity contribution in [2.75, 3.05) is 18.6 Å². The van der Waals surface area contributed by atoms with Crippen molar-refractivity contribution in [3.05, 3.63) is 12.2 Å². The standard InChI is InChI=1S/C18H33BN2O5S/c1-3-17(8-5-11-19(25)26)10-12-21-18(17,16(23)24)9-4-6-15(22)14(20)7-13-27-2/h4,6,14,21,25-26H,3,5,7-13,20H2,1-2H3,(H,23,24)/b6-4+/t14-,17+,18+/m0/s1. The van der Waals surface area contributed by atoms with Gasteiger partial charge in [-0.25, -0.2) is 0 Å². The maximum absolute atomic E-state index is 12.2. The van der Waals surface area contributed by atoms with Gasteiger partial charge in [0.15, 0.2) is 5.78 Å². The Bertz CT molecular complexity index is 534. The number of rotatable bonds is 13. The first-order valence-electron chi connectivity index (χ1n) is 9.54. The summed E-state index contributed by atoms with van der Waals surface area (Å²) in [5.41, 5.74) is 4.21. The molecule has 3 atom stereocenters. The largest absolute Gasteiger partial charge is 0.480 e. The lowest BCUT2D eigenvalue weighted by atomic mass is 9.63. The second kappa shape index (κ2) is 11.2. The fraction of sp³-hybridized carbons (Fsp3) is 0.778. The number of carboxylic acid groups (broad SMARTS) is 1. The van der Waals surface area contributed by atoms with E-state index in [1.807, 2.05) is 13.2 Å². The molecule has 0 amide bonds. The summed E-state index contributed by atoms with van der Waals surface area (Å²) >= 11 is 1.63. The average Bonchev–Trinajstić information content (AvgIpc) is 2.99. The van der Waals surface area contributed by atoms with Crippen molar-refractivity contribution in [2.45, 2.75) is 63.3 Å². The molecule has 0 aromatic heterocycles. The van der Waals surface area contributed by atoms with E-state index in [2.05, 4.69) is 5.32 Å². The van der Waals surface area contributed by atoms with Crippen LogP contribution < -0.4 is 11.1 Å². The summed E-state index contributed by atoms with van der Waals surface area (Å²) in [6, 6.07) is -0.562. The fourth-order valence-corrected chi connectivity index (χ4v) is 4.56. The molecule has 1 rings (SSSR count). The molecule has 1 aliphatic rings. The lowest BCUT2D eigenvalue weighted by molar-refractivity contribution is -0.149. The van der Waals surface area contributed by atoms with Crippen molar-refractivity contribution < 1.29 is 24.7 Å². The average molecular weight is 400 g/mol. The highest BCUT2D eigenvalue weighted by molar-refractivity contribution is 7.98. The molecule has 1 aliphatic heterocycles. The van der Waals surface area contributed by atoms with Gasteiger partial charge >= 0.3 is 13.1 Å². The van der Waals surface area contributed by atoms with Crippen LogP contribution in [0.2, 0.25) is 6.32 Å². The highest BCUT2D eigenvalue weighted by Crippen LogP contribution is 2.49. The van der Waals surface area contributed by atoms with E-state index >= 15 is 0 Å². The van der Waals surface area contributed by atoms with Gasteiger partial charge in [0.05, 0.1) is 6.04 Å². The lowest BCUT2D eigenvalue weighted by Gasteiger charge is -2.42. The maximum atomic E-state index is 12.2. The van der Waals surface area contributed by atoms with Crippen LogP contribution in [0.3, 0.4) is 0 Å². The molecule has 0 aromatic rings. The number of thioether (sulfide) groups is 1. The quantitative estimate of drug-likeness (QED) is 0.229. The first-order chi connectivity index (χ1) is 12.7. The van der Waals surface area contributed by atoms with Gasteiger partial charge in [0.25, 0.3) is 0 Å². The van der Waals surface area contributed by atoms with Gasteiger partial charge in [-0.2, -0.15) is 11.8 Å². The zero-order chi connectivity index (χ0) is 20.5. The van der Waals surface area contributed by atoms with E-state index in [9.17, 15) is 14.7 Å². The number of nitrogens with two attached hydrogens (primary N) is 1. The first-order valence-corrected chi connectivity index (χ1v) is 10.9. The minimum atomic E-state index is -1.38. The molecule has 0 saturated carbocycles. The summed E-state index contributed by atoms with van der Waals surface area (Å²) in [4.78, 5) is 24.4. The van der Waals surface area contributed by atoms with Gasteiger partial charge < -0.3 is 26.2 Å². The zero-order valence-electron chi connectivity index (χ0n) is 16.3. The number of hydrogen-bond donors (Lipinski definition) is 5. The maximum Gasteiger partial charge on any atom is 0.451 e. The van der Waals surface area contributed by atoms with Crippen LogP contribution in [0.5, 0.6) is 0 Å². The molecule has 1 saturated heterocycles. The van der Waals surface area contributed by atoms with Crippen molar-refractivity contribution in [3.8, 4) is 0 Å². The van der Waals surface area contributed by atoms with Crippen molar-refractivity contribution in [1.29, 1.82) is 0 Å². The molecule has 154 valence electrons. The molecule has 1 heterocycles. The Morgan fingerprint density at radius 3 is 2.67 bits per heavy atom. The highest BCUT2D eigenvalue weighted by atomic mass is 32.2. The molecular weight excluding hydrogens is 367 g/mol. The van der Waals surface area contributed by atoms with E-state index < -0.39 is 30.1 Å². The van der Waals surface area contributed by atoms with Crippen molar-refractivity contribution in [3.63, 3.8) is 0 Å². The molecule has 0 spiro atoms. The Labute approximate surface area is 166 Å². The van der Waals surface area contributed by atoms with Crippen molar-refractivity contribution in [2.24, 2.45) is 11.1 Å².